The second-order valence-electron chi connectivity index (χ2n) is 6.12. The second kappa shape index (κ2) is 5.05. The molecule has 2 aliphatic rings. The standard InChI is InChI=1S/C16H20ClN3/c17-11-5-8-14-15(9-11)20(13-6-7-13)16(19-14)10-18-12-3-1-2-4-12/h5,8-9,12-13,18H,1-4,6-7,10H2. The van der Waals surface area contributed by atoms with Crippen molar-refractivity contribution in [3.8, 4) is 0 Å². The zero-order valence-electron chi connectivity index (χ0n) is 11.6. The Hall–Kier alpha value is -1.06. The van der Waals surface area contributed by atoms with Gasteiger partial charge in [0.15, 0.2) is 0 Å². The van der Waals surface area contributed by atoms with E-state index in [0.29, 0.717) is 12.1 Å². The van der Waals surface area contributed by atoms with Crippen molar-refractivity contribution in [2.24, 2.45) is 0 Å². The number of hydrogen-bond donors (Lipinski definition) is 1. The third-order valence-electron chi connectivity index (χ3n) is 4.54. The molecule has 4 rings (SSSR count). The summed E-state index contributed by atoms with van der Waals surface area (Å²) in [5, 5.41) is 4.48. The molecular formula is C16H20ClN3. The molecule has 2 aromatic rings. The molecule has 4 heteroatoms. The largest absolute Gasteiger partial charge is 0.324 e. The lowest BCUT2D eigenvalue weighted by atomic mass is 10.2. The predicted molar refractivity (Wildman–Crippen MR) is 82.1 cm³/mol. The Morgan fingerprint density at radius 2 is 2.00 bits per heavy atom. The molecule has 0 bridgehead atoms. The summed E-state index contributed by atoms with van der Waals surface area (Å²) >= 11 is 6.15. The lowest BCUT2D eigenvalue weighted by Crippen LogP contribution is -2.26. The first-order valence-corrected chi connectivity index (χ1v) is 8.09. The first-order chi connectivity index (χ1) is 9.81. The summed E-state index contributed by atoms with van der Waals surface area (Å²) < 4.78 is 2.41. The van der Waals surface area contributed by atoms with Crippen molar-refractivity contribution in [3.05, 3.63) is 29.0 Å². The highest BCUT2D eigenvalue weighted by molar-refractivity contribution is 6.31. The number of aromatic nitrogens is 2. The summed E-state index contributed by atoms with van der Waals surface area (Å²) in [6, 6.07) is 7.35. The number of benzene rings is 1. The monoisotopic (exact) mass is 289 g/mol. The van der Waals surface area contributed by atoms with E-state index < -0.39 is 0 Å². The van der Waals surface area contributed by atoms with Crippen LogP contribution in [-0.2, 0) is 6.54 Å². The average molecular weight is 290 g/mol. The number of nitrogens with one attached hydrogen (secondary N) is 1. The van der Waals surface area contributed by atoms with E-state index in [-0.39, 0.29) is 0 Å². The fourth-order valence-electron chi connectivity index (χ4n) is 3.35. The SMILES string of the molecule is Clc1ccc2nc(CNC3CCCC3)n(C3CC3)c2c1. The van der Waals surface area contributed by atoms with Crippen LogP contribution in [0.15, 0.2) is 18.2 Å². The number of halogens is 1. The van der Waals surface area contributed by atoms with Gasteiger partial charge in [-0.25, -0.2) is 4.98 Å². The second-order valence-corrected chi connectivity index (χ2v) is 6.56. The van der Waals surface area contributed by atoms with E-state index in [1.165, 1.54) is 49.9 Å². The predicted octanol–water partition coefficient (Wildman–Crippen LogP) is 4.06. The van der Waals surface area contributed by atoms with Crippen LogP contribution in [0.25, 0.3) is 11.0 Å². The number of hydrogen-bond acceptors (Lipinski definition) is 2. The summed E-state index contributed by atoms with van der Waals surface area (Å²) in [7, 11) is 0. The Kier molecular flexibility index (Phi) is 3.20. The van der Waals surface area contributed by atoms with E-state index in [9.17, 15) is 0 Å². The fraction of sp³-hybridized carbons (Fsp3) is 0.562. The Labute approximate surface area is 124 Å². The van der Waals surface area contributed by atoms with E-state index in [0.717, 1.165) is 17.1 Å². The molecule has 1 aromatic heterocycles. The zero-order valence-corrected chi connectivity index (χ0v) is 12.4. The average Bonchev–Trinajstić information content (AvgIpc) is 3.02. The molecule has 2 fully saturated rings. The summed E-state index contributed by atoms with van der Waals surface area (Å²) in [6.45, 7) is 0.882. The van der Waals surface area contributed by atoms with Crippen LogP contribution in [0.1, 0.15) is 50.4 Å². The minimum absolute atomic E-state index is 0.638. The minimum atomic E-state index is 0.638. The summed E-state index contributed by atoms with van der Waals surface area (Å²) in [6.07, 6.45) is 7.91. The Bertz CT molecular complexity index is 624. The van der Waals surface area contributed by atoms with Crippen molar-refractivity contribution in [1.82, 2.24) is 14.9 Å². The summed E-state index contributed by atoms with van der Waals surface area (Å²) in [5.41, 5.74) is 2.27. The van der Waals surface area contributed by atoms with Crippen molar-refractivity contribution in [1.29, 1.82) is 0 Å². The molecule has 0 radical (unpaired) electrons. The van der Waals surface area contributed by atoms with Crippen molar-refractivity contribution >= 4 is 22.6 Å². The highest BCUT2D eigenvalue weighted by Gasteiger charge is 2.28. The fourth-order valence-corrected chi connectivity index (χ4v) is 3.51. The van der Waals surface area contributed by atoms with Gasteiger partial charge in [0.1, 0.15) is 5.82 Å². The van der Waals surface area contributed by atoms with Crippen LogP contribution in [0, 0.1) is 0 Å². The maximum atomic E-state index is 6.15. The van der Waals surface area contributed by atoms with E-state index in [2.05, 4.69) is 16.0 Å². The topological polar surface area (TPSA) is 29.9 Å². The molecule has 0 amide bonds. The molecule has 0 atom stereocenters. The molecule has 2 saturated carbocycles. The van der Waals surface area contributed by atoms with Crippen molar-refractivity contribution < 1.29 is 0 Å². The molecular weight excluding hydrogens is 270 g/mol. The molecule has 2 aliphatic carbocycles. The maximum Gasteiger partial charge on any atom is 0.124 e. The van der Waals surface area contributed by atoms with Gasteiger partial charge in [-0.15, -0.1) is 0 Å². The maximum absolute atomic E-state index is 6.15. The van der Waals surface area contributed by atoms with Crippen molar-refractivity contribution in [2.75, 3.05) is 0 Å². The summed E-state index contributed by atoms with van der Waals surface area (Å²) in [5.74, 6) is 1.18. The van der Waals surface area contributed by atoms with Gasteiger partial charge in [0.05, 0.1) is 17.6 Å². The van der Waals surface area contributed by atoms with Gasteiger partial charge in [-0.3, -0.25) is 0 Å². The van der Waals surface area contributed by atoms with Gasteiger partial charge >= 0.3 is 0 Å². The van der Waals surface area contributed by atoms with Crippen LogP contribution in [0.3, 0.4) is 0 Å². The normalized spacial score (nSPS) is 20.1. The first kappa shape index (κ1) is 12.7. The molecule has 0 unspecified atom stereocenters. The van der Waals surface area contributed by atoms with Gasteiger partial charge in [0, 0.05) is 17.1 Å². The van der Waals surface area contributed by atoms with Gasteiger partial charge in [-0.05, 0) is 43.9 Å². The van der Waals surface area contributed by atoms with E-state index in [1.54, 1.807) is 0 Å². The van der Waals surface area contributed by atoms with E-state index in [1.807, 2.05) is 12.1 Å². The molecule has 3 nitrogen and oxygen atoms in total. The Balaban J connectivity index is 1.65. The molecule has 1 aromatic carbocycles. The van der Waals surface area contributed by atoms with Gasteiger partial charge in [-0.1, -0.05) is 24.4 Å². The zero-order chi connectivity index (χ0) is 13.5. The van der Waals surface area contributed by atoms with Crippen LogP contribution < -0.4 is 5.32 Å². The van der Waals surface area contributed by atoms with E-state index in [4.69, 9.17) is 16.6 Å². The molecule has 106 valence electrons. The number of imidazole rings is 1. The third-order valence-corrected chi connectivity index (χ3v) is 4.78. The van der Waals surface area contributed by atoms with Crippen LogP contribution in [-0.4, -0.2) is 15.6 Å². The van der Waals surface area contributed by atoms with Gasteiger partial charge in [0.25, 0.3) is 0 Å². The highest BCUT2D eigenvalue weighted by atomic mass is 35.5. The highest BCUT2D eigenvalue weighted by Crippen LogP contribution is 2.39. The molecule has 1 heterocycles. The van der Waals surface area contributed by atoms with Crippen LogP contribution >= 0.6 is 11.6 Å². The van der Waals surface area contributed by atoms with Crippen LogP contribution in [0.2, 0.25) is 5.02 Å². The van der Waals surface area contributed by atoms with Gasteiger partial charge < -0.3 is 9.88 Å². The lowest BCUT2D eigenvalue weighted by molar-refractivity contribution is 0.502. The number of nitrogens with zero attached hydrogens (tertiary/aromatic N) is 2. The smallest absolute Gasteiger partial charge is 0.124 e. The van der Waals surface area contributed by atoms with Gasteiger partial charge in [-0.2, -0.15) is 0 Å². The molecule has 0 aliphatic heterocycles. The minimum Gasteiger partial charge on any atom is -0.324 e. The molecule has 20 heavy (non-hydrogen) atoms. The lowest BCUT2D eigenvalue weighted by Gasteiger charge is -2.13. The Morgan fingerprint density at radius 3 is 2.75 bits per heavy atom. The quantitative estimate of drug-likeness (QED) is 0.920. The molecule has 0 spiro atoms. The molecule has 0 saturated heterocycles. The molecule has 1 N–H and O–H groups in total. The van der Waals surface area contributed by atoms with Gasteiger partial charge in [0.2, 0.25) is 0 Å². The third kappa shape index (κ3) is 2.33. The van der Waals surface area contributed by atoms with E-state index >= 15 is 0 Å². The number of rotatable bonds is 4. The Morgan fingerprint density at radius 1 is 1.20 bits per heavy atom. The number of fused-ring (bicyclic) bond motifs is 1. The van der Waals surface area contributed by atoms with Crippen molar-refractivity contribution in [3.63, 3.8) is 0 Å². The first-order valence-electron chi connectivity index (χ1n) is 7.71. The summed E-state index contributed by atoms with van der Waals surface area (Å²) in [4.78, 5) is 4.82. The van der Waals surface area contributed by atoms with Crippen molar-refractivity contribution in [2.45, 2.75) is 57.2 Å². The van der Waals surface area contributed by atoms with Crippen LogP contribution in [0.5, 0.6) is 0 Å². The van der Waals surface area contributed by atoms with Crippen LogP contribution in [0.4, 0.5) is 0 Å².